The highest BCUT2D eigenvalue weighted by Crippen LogP contribution is 2.29. The molecular formula is C18H15F3N4O2. The molecule has 2 aromatic heterocycles. The molecule has 0 atom stereocenters. The molecule has 9 heteroatoms. The maximum Gasteiger partial charge on any atom is 0.416 e. The molecule has 0 spiro atoms. The van der Waals surface area contributed by atoms with Crippen molar-refractivity contribution < 1.29 is 22.7 Å². The molecule has 140 valence electrons. The summed E-state index contributed by atoms with van der Waals surface area (Å²) in [7, 11) is 0. The Morgan fingerprint density at radius 2 is 2.04 bits per heavy atom. The Morgan fingerprint density at radius 1 is 1.30 bits per heavy atom. The van der Waals surface area contributed by atoms with Gasteiger partial charge in [0.25, 0.3) is 5.88 Å². The van der Waals surface area contributed by atoms with Crippen LogP contribution in [0.4, 0.5) is 13.2 Å². The van der Waals surface area contributed by atoms with Gasteiger partial charge in [0.05, 0.1) is 17.8 Å². The summed E-state index contributed by atoms with van der Waals surface area (Å²) in [5.41, 5.74) is 0.818. The number of benzene rings is 1. The van der Waals surface area contributed by atoms with Crippen LogP contribution in [-0.4, -0.2) is 20.3 Å². The first-order valence-electron chi connectivity index (χ1n) is 7.88. The van der Waals surface area contributed by atoms with E-state index >= 15 is 0 Å². The number of carbonyl (C=O) groups is 1. The van der Waals surface area contributed by atoms with Gasteiger partial charge in [0.1, 0.15) is 6.61 Å². The number of alkyl halides is 3. The summed E-state index contributed by atoms with van der Waals surface area (Å²) < 4.78 is 45.2. The topological polar surface area (TPSA) is 68.5 Å². The van der Waals surface area contributed by atoms with Gasteiger partial charge in [-0.15, -0.1) is 0 Å². The number of ether oxygens (including phenoxy) is 1. The SMILES string of the molecule is C=CC(=O)NCc1cn2ccnc2c(OCc2ccc(C(F)(F)F)cc2)n1. The average Bonchev–Trinajstić information content (AvgIpc) is 3.12. The van der Waals surface area contributed by atoms with Crippen molar-refractivity contribution in [3.63, 3.8) is 0 Å². The average molecular weight is 376 g/mol. The first-order valence-corrected chi connectivity index (χ1v) is 7.88. The third-order valence-corrected chi connectivity index (χ3v) is 3.68. The zero-order valence-electron chi connectivity index (χ0n) is 14.0. The minimum atomic E-state index is -4.38. The summed E-state index contributed by atoms with van der Waals surface area (Å²) in [6.45, 7) is 3.56. The molecule has 0 aliphatic heterocycles. The lowest BCUT2D eigenvalue weighted by atomic mass is 10.1. The summed E-state index contributed by atoms with van der Waals surface area (Å²) in [6.07, 6.45) is 1.72. The quantitative estimate of drug-likeness (QED) is 0.671. The molecule has 1 aromatic carbocycles. The molecule has 0 saturated heterocycles. The number of imidazole rings is 1. The normalized spacial score (nSPS) is 11.4. The number of aromatic nitrogens is 3. The first-order chi connectivity index (χ1) is 12.9. The Kier molecular flexibility index (Phi) is 5.11. The van der Waals surface area contributed by atoms with Gasteiger partial charge < -0.3 is 14.5 Å². The van der Waals surface area contributed by atoms with Crippen molar-refractivity contribution in [3.8, 4) is 5.88 Å². The highest BCUT2D eigenvalue weighted by Gasteiger charge is 2.29. The molecular weight excluding hydrogens is 361 g/mol. The van der Waals surface area contributed by atoms with E-state index in [1.165, 1.54) is 12.1 Å². The highest BCUT2D eigenvalue weighted by atomic mass is 19.4. The van der Waals surface area contributed by atoms with Crippen LogP contribution in [0.2, 0.25) is 0 Å². The van der Waals surface area contributed by atoms with Crippen LogP contribution < -0.4 is 10.1 Å². The molecule has 6 nitrogen and oxygen atoms in total. The summed E-state index contributed by atoms with van der Waals surface area (Å²) in [5, 5.41) is 2.61. The Labute approximate surface area is 152 Å². The third-order valence-electron chi connectivity index (χ3n) is 3.68. The molecule has 1 amide bonds. The number of fused-ring (bicyclic) bond motifs is 1. The number of rotatable bonds is 6. The molecule has 0 bridgehead atoms. The van der Waals surface area contributed by atoms with E-state index < -0.39 is 11.7 Å². The van der Waals surface area contributed by atoms with Crippen LogP contribution in [0.25, 0.3) is 5.65 Å². The Morgan fingerprint density at radius 3 is 2.70 bits per heavy atom. The molecule has 0 aliphatic rings. The van der Waals surface area contributed by atoms with Gasteiger partial charge in [-0.05, 0) is 23.8 Å². The smallest absolute Gasteiger partial charge is 0.416 e. The van der Waals surface area contributed by atoms with Gasteiger partial charge in [-0.3, -0.25) is 4.79 Å². The molecule has 27 heavy (non-hydrogen) atoms. The molecule has 3 aromatic rings. The van der Waals surface area contributed by atoms with Crippen molar-refractivity contribution in [2.24, 2.45) is 0 Å². The van der Waals surface area contributed by atoms with Gasteiger partial charge in [-0.25, -0.2) is 9.97 Å². The summed E-state index contributed by atoms with van der Waals surface area (Å²) in [6, 6.07) is 4.69. The fourth-order valence-electron chi connectivity index (χ4n) is 2.33. The van der Waals surface area contributed by atoms with E-state index in [4.69, 9.17) is 4.74 Å². The van der Waals surface area contributed by atoms with Crippen LogP contribution in [-0.2, 0) is 24.1 Å². The number of nitrogens with zero attached hydrogens (tertiary/aromatic N) is 3. The minimum Gasteiger partial charge on any atom is -0.470 e. The number of hydrogen-bond donors (Lipinski definition) is 1. The van der Waals surface area contributed by atoms with Crippen LogP contribution in [0.15, 0.2) is 55.5 Å². The molecule has 0 aliphatic carbocycles. The van der Waals surface area contributed by atoms with Crippen molar-refractivity contribution >= 4 is 11.6 Å². The summed E-state index contributed by atoms with van der Waals surface area (Å²) >= 11 is 0. The molecule has 0 saturated carbocycles. The van der Waals surface area contributed by atoms with E-state index in [0.717, 1.165) is 18.2 Å². The van der Waals surface area contributed by atoms with E-state index in [1.54, 1.807) is 23.0 Å². The molecule has 1 N–H and O–H groups in total. The predicted octanol–water partition coefficient (Wildman–Crippen LogP) is 3.13. The summed E-state index contributed by atoms with van der Waals surface area (Å²) in [4.78, 5) is 19.8. The van der Waals surface area contributed by atoms with E-state index in [2.05, 4.69) is 21.9 Å². The lowest BCUT2D eigenvalue weighted by Gasteiger charge is -2.11. The van der Waals surface area contributed by atoms with E-state index in [-0.39, 0.29) is 24.9 Å². The maximum absolute atomic E-state index is 12.6. The van der Waals surface area contributed by atoms with Crippen LogP contribution in [0.5, 0.6) is 5.88 Å². The van der Waals surface area contributed by atoms with Crippen LogP contribution >= 0.6 is 0 Å². The van der Waals surface area contributed by atoms with Crippen LogP contribution in [0.1, 0.15) is 16.8 Å². The van der Waals surface area contributed by atoms with Gasteiger partial charge in [-0.2, -0.15) is 13.2 Å². The van der Waals surface area contributed by atoms with Crippen molar-refractivity contribution in [1.82, 2.24) is 19.7 Å². The van der Waals surface area contributed by atoms with Gasteiger partial charge in [-0.1, -0.05) is 18.7 Å². The van der Waals surface area contributed by atoms with Gasteiger partial charge in [0, 0.05) is 18.6 Å². The fourth-order valence-corrected chi connectivity index (χ4v) is 2.33. The Balaban J connectivity index is 1.76. The molecule has 0 fully saturated rings. The van der Waals surface area contributed by atoms with E-state index in [9.17, 15) is 18.0 Å². The minimum absolute atomic E-state index is 0.0239. The zero-order chi connectivity index (χ0) is 19.4. The number of carbonyl (C=O) groups excluding carboxylic acids is 1. The second-order valence-corrected chi connectivity index (χ2v) is 5.60. The van der Waals surface area contributed by atoms with Gasteiger partial charge in [0.15, 0.2) is 5.65 Å². The van der Waals surface area contributed by atoms with Gasteiger partial charge in [0.2, 0.25) is 5.91 Å². The van der Waals surface area contributed by atoms with Gasteiger partial charge >= 0.3 is 6.18 Å². The monoisotopic (exact) mass is 376 g/mol. The van der Waals surface area contributed by atoms with Crippen LogP contribution in [0, 0.1) is 0 Å². The standard InChI is InChI=1S/C18H15F3N4O2/c1-2-15(26)23-9-14-10-25-8-7-22-16(25)17(24-14)27-11-12-3-5-13(6-4-12)18(19,20)21/h2-8,10H,1,9,11H2,(H,23,26). The van der Waals surface area contributed by atoms with E-state index in [0.29, 0.717) is 16.9 Å². The lowest BCUT2D eigenvalue weighted by Crippen LogP contribution is -2.21. The molecule has 3 rings (SSSR count). The largest absolute Gasteiger partial charge is 0.470 e. The maximum atomic E-state index is 12.6. The van der Waals surface area contributed by atoms with Crippen molar-refractivity contribution in [2.45, 2.75) is 19.3 Å². The molecule has 0 radical (unpaired) electrons. The number of amides is 1. The number of halogens is 3. The zero-order valence-corrected chi connectivity index (χ0v) is 14.0. The number of nitrogens with one attached hydrogen (secondary N) is 1. The van der Waals surface area contributed by atoms with Crippen molar-refractivity contribution in [1.29, 1.82) is 0 Å². The van der Waals surface area contributed by atoms with Crippen LogP contribution in [0.3, 0.4) is 0 Å². The fraction of sp³-hybridized carbons (Fsp3) is 0.167. The Hall–Kier alpha value is -3.36. The molecule has 0 unspecified atom stereocenters. The van der Waals surface area contributed by atoms with Crippen molar-refractivity contribution in [3.05, 3.63) is 72.3 Å². The Bertz CT molecular complexity index is 965. The predicted molar refractivity (Wildman–Crippen MR) is 90.8 cm³/mol. The van der Waals surface area contributed by atoms with Crippen molar-refractivity contribution in [2.75, 3.05) is 0 Å². The first kappa shape index (κ1) is 18.4. The molecule has 2 heterocycles. The lowest BCUT2D eigenvalue weighted by molar-refractivity contribution is -0.137. The summed E-state index contributed by atoms with van der Waals surface area (Å²) in [5.74, 6) is -0.125. The number of hydrogen-bond acceptors (Lipinski definition) is 4. The van der Waals surface area contributed by atoms with E-state index in [1.807, 2.05) is 0 Å². The second kappa shape index (κ2) is 7.48. The highest BCUT2D eigenvalue weighted by molar-refractivity contribution is 5.86. The second-order valence-electron chi connectivity index (χ2n) is 5.60. The third kappa shape index (κ3) is 4.43.